The summed E-state index contributed by atoms with van der Waals surface area (Å²) in [5, 5.41) is 7.79. The highest BCUT2D eigenvalue weighted by molar-refractivity contribution is 6.31. The van der Waals surface area contributed by atoms with Crippen molar-refractivity contribution in [1.29, 1.82) is 0 Å². The van der Waals surface area contributed by atoms with Gasteiger partial charge in [-0.25, -0.2) is 9.07 Å². The van der Waals surface area contributed by atoms with Crippen molar-refractivity contribution in [3.63, 3.8) is 0 Å². The van der Waals surface area contributed by atoms with Crippen LogP contribution in [0.2, 0.25) is 5.02 Å². The minimum absolute atomic E-state index is 0.279. The Labute approximate surface area is 137 Å². The molecule has 0 spiro atoms. The fraction of sp³-hybridized carbons (Fsp3) is 0.125. The third-order valence-electron chi connectivity index (χ3n) is 3.19. The van der Waals surface area contributed by atoms with E-state index in [-0.39, 0.29) is 12.4 Å². The molecular weight excluding hydrogens is 319 g/mol. The first-order valence-electron chi connectivity index (χ1n) is 6.95. The lowest BCUT2D eigenvalue weighted by Crippen LogP contribution is -2.12. The average molecular weight is 333 g/mol. The van der Waals surface area contributed by atoms with E-state index < -0.39 is 0 Å². The van der Waals surface area contributed by atoms with Crippen LogP contribution in [0.15, 0.2) is 55.1 Å². The fourth-order valence-electron chi connectivity index (χ4n) is 2.01. The van der Waals surface area contributed by atoms with Gasteiger partial charge in [-0.15, -0.1) is 10.2 Å². The first-order valence-corrected chi connectivity index (χ1v) is 7.33. The van der Waals surface area contributed by atoms with Crippen LogP contribution in [-0.2, 0) is 13.2 Å². The topological polar surface area (TPSA) is 52.0 Å². The molecule has 0 bridgehead atoms. The molecule has 5 nitrogen and oxygen atoms in total. The maximum atomic E-state index is 13.0. The molecule has 3 aromatic rings. The van der Waals surface area contributed by atoms with Gasteiger partial charge in [-0.2, -0.15) is 0 Å². The summed E-state index contributed by atoms with van der Waals surface area (Å²) in [5.41, 5.74) is 4.91. The quantitative estimate of drug-likeness (QED) is 0.751. The third kappa shape index (κ3) is 4.20. The molecular formula is C16H14ClFN4O. The van der Waals surface area contributed by atoms with Crippen molar-refractivity contribution in [2.75, 3.05) is 5.43 Å². The zero-order chi connectivity index (χ0) is 16.1. The number of hydrogen-bond acceptors (Lipinski definition) is 4. The summed E-state index contributed by atoms with van der Waals surface area (Å²) < 4.78 is 20.4. The number of hydrogen-bond donors (Lipinski definition) is 1. The van der Waals surface area contributed by atoms with E-state index in [4.69, 9.17) is 16.3 Å². The van der Waals surface area contributed by atoms with Crippen molar-refractivity contribution < 1.29 is 9.13 Å². The number of nitrogens with zero attached hydrogens (tertiary/aromatic N) is 3. The van der Waals surface area contributed by atoms with Crippen molar-refractivity contribution in [2.45, 2.75) is 13.2 Å². The van der Waals surface area contributed by atoms with Gasteiger partial charge in [-0.1, -0.05) is 29.8 Å². The van der Waals surface area contributed by atoms with Crippen molar-refractivity contribution in [1.82, 2.24) is 14.9 Å². The molecule has 3 rings (SSSR count). The van der Waals surface area contributed by atoms with E-state index in [9.17, 15) is 4.39 Å². The first kappa shape index (κ1) is 15.3. The van der Waals surface area contributed by atoms with E-state index in [0.29, 0.717) is 17.3 Å². The Kier molecular flexibility index (Phi) is 4.73. The summed E-state index contributed by atoms with van der Waals surface area (Å²) in [4.78, 5) is 0. The van der Waals surface area contributed by atoms with Gasteiger partial charge in [0.25, 0.3) is 0 Å². The molecule has 0 radical (unpaired) electrons. The molecule has 23 heavy (non-hydrogen) atoms. The van der Waals surface area contributed by atoms with E-state index in [1.807, 2.05) is 24.3 Å². The first-order chi connectivity index (χ1) is 11.2. The van der Waals surface area contributed by atoms with E-state index in [1.54, 1.807) is 23.4 Å². The van der Waals surface area contributed by atoms with Crippen LogP contribution in [0.3, 0.4) is 0 Å². The molecule has 1 heterocycles. The Morgan fingerprint density at radius 1 is 1.13 bits per heavy atom. The largest absolute Gasteiger partial charge is 0.489 e. The molecule has 2 aromatic carbocycles. The SMILES string of the molecule is Fc1ccc(COc2cccc(CNn3cnnc3)c2)c(Cl)c1. The van der Waals surface area contributed by atoms with Crippen LogP contribution in [0, 0.1) is 5.82 Å². The second kappa shape index (κ2) is 7.11. The molecule has 1 N–H and O–H groups in total. The van der Waals surface area contributed by atoms with E-state index in [0.717, 1.165) is 11.1 Å². The molecule has 0 unspecified atom stereocenters. The summed E-state index contributed by atoms with van der Waals surface area (Å²) in [6.45, 7) is 0.883. The smallest absolute Gasteiger partial charge is 0.138 e. The molecule has 7 heteroatoms. The summed E-state index contributed by atoms with van der Waals surface area (Å²) in [5.74, 6) is 0.356. The van der Waals surface area contributed by atoms with Crippen LogP contribution < -0.4 is 10.2 Å². The van der Waals surface area contributed by atoms with Gasteiger partial charge >= 0.3 is 0 Å². The second-order valence-corrected chi connectivity index (χ2v) is 5.28. The predicted octanol–water partition coefficient (Wildman–Crippen LogP) is 3.39. The Hall–Kier alpha value is -2.60. The number of rotatable bonds is 6. The van der Waals surface area contributed by atoms with Gasteiger partial charge < -0.3 is 10.2 Å². The van der Waals surface area contributed by atoms with Gasteiger partial charge in [0.05, 0.1) is 11.6 Å². The highest BCUT2D eigenvalue weighted by atomic mass is 35.5. The number of ether oxygens (including phenoxy) is 1. The van der Waals surface area contributed by atoms with E-state index in [1.165, 1.54) is 12.1 Å². The van der Waals surface area contributed by atoms with E-state index >= 15 is 0 Å². The molecule has 0 fully saturated rings. The van der Waals surface area contributed by atoms with E-state index in [2.05, 4.69) is 15.6 Å². The van der Waals surface area contributed by atoms with Crippen molar-refractivity contribution in [2.24, 2.45) is 0 Å². The molecule has 0 aliphatic carbocycles. The van der Waals surface area contributed by atoms with Crippen LogP contribution in [0.1, 0.15) is 11.1 Å². The lowest BCUT2D eigenvalue weighted by molar-refractivity contribution is 0.306. The molecule has 0 saturated carbocycles. The van der Waals surface area contributed by atoms with Gasteiger partial charge in [-0.3, -0.25) is 0 Å². The molecule has 0 aliphatic heterocycles. The Balaban J connectivity index is 1.60. The summed E-state index contributed by atoms with van der Waals surface area (Å²) in [6, 6.07) is 11.9. The van der Waals surface area contributed by atoms with Crippen LogP contribution in [-0.4, -0.2) is 14.9 Å². The molecule has 0 saturated heterocycles. The number of aromatic nitrogens is 3. The third-order valence-corrected chi connectivity index (χ3v) is 3.54. The van der Waals surface area contributed by atoms with Gasteiger partial charge in [0.1, 0.15) is 30.8 Å². The highest BCUT2D eigenvalue weighted by Gasteiger charge is 2.04. The van der Waals surface area contributed by atoms with Crippen molar-refractivity contribution >= 4 is 11.6 Å². The zero-order valence-electron chi connectivity index (χ0n) is 12.1. The maximum Gasteiger partial charge on any atom is 0.138 e. The van der Waals surface area contributed by atoms with Crippen LogP contribution in [0.4, 0.5) is 4.39 Å². The monoisotopic (exact) mass is 332 g/mol. The molecule has 0 atom stereocenters. The predicted molar refractivity (Wildman–Crippen MR) is 85.3 cm³/mol. The Morgan fingerprint density at radius 2 is 1.96 bits per heavy atom. The number of halogens is 2. The second-order valence-electron chi connectivity index (χ2n) is 4.88. The normalized spacial score (nSPS) is 10.5. The number of nitrogens with one attached hydrogen (secondary N) is 1. The molecule has 0 amide bonds. The Bertz CT molecular complexity index is 780. The van der Waals surface area contributed by atoms with Crippen LogP contribution in [0.5, 0.6) is 5.75 Å². The minimum Gasteiger partial charge on any atom is -0.489 e. The Morgan fingerprint density at radius 3 is 2.74 bits per heavy atom. The van der Waals surface area contributed by atoms with Crippen LogP contribution in [0.25, 0.3) is 0 Å². The molecule has 0 aliphatic rings. The highest BCUT2D eigenvalue weighted by Crippen LogP contribution is 2.20. The molecule has 118 valence electrons. The minimum atomic E-state index is -0.360. The lowest BCUT2D eigenvalue weighted by Gasteiger charge is -2.10. The van der Waals surface area contributed by atoms with Crippen LogP contribution >= 0.6 is 11.6 Å². The summed E-state index contributed by atoms with van der Waals surface area (Å²) in [7, 11) is 0. The lowest BCUT2D eigenvalue weighted by atomic mass is 10.2. The van der Waals surface area contributed by atoms with Gasteiger partial charge in [-0.05, 0) is 29.8 Å². The zero-order valence-corrected chi connectivity index (χ0v) is 12.9. The standard InChI is InChI=1S/C16H14ClFN4O/c17-16-7-14(18)5-4-13(16)9-23-15-3-1-2-12(6-15)8-21-22-10-19-20-11-22/h1-7,10-11,21H,8-9H2. The summed E-state index contributed by atoms with van der Waals surface area (Å²) in [6.07, 6.45) is 3.16. The van der Waals surface area contributed by atoms with Gasteiger partial charge in [0, 0.05) is 5.56 Å². The fourth-order valence-corrected chi connectivity index (χ4v) is 2.23. The number of benzene rings is 2. The average Bonchev–Trinajstić information content (AvgIpc) is 3.06. The van der Waals surface area contributed by atoms with Gasteiger partial charge in [0.2, 0.25) is 0 Å². The summed E-state index contributed by atoms with van der Waals surface area (Å²) >= 11 is 5.99. The van der Waals surface area contributed by atoms with Gasteiger partial charge in [0.15, 0.2) is 0 Å². The molecule has 1 aromatic heterocycles. The van der Waals surface area contributed by atoms with Crippen molar-refractivity contribution in [3.05, 3.63) is 77.1 Å². The van der Waals surface area contributed by atoms with Crippen molar-refractivity contribution in [3.8, 4) is 5.75 Å². The maximum absolute atomic E-state index is 13.0.